The van der Waals surface area contributed by atoms with Crippen LogP contribution < -0.4 is 0 Å². The molecule has 1 heteroatoms. The lowest BCUT2D eigenvalue weighted by atomic mass is 9.85. The second-order valence-electron chi connectivity index (χ2n) is 5.46. The fourth-order valence-electron chi connectivity index (χ4n) is 2.74. The molecule has 0 amide bonds. The third-order valence-corrected chi connectivity index (χ3v) is 4.45. The molecule has 0 aliphatic carbocycles. The van der Waals surface area contributed by atoms with Gasteiger partial charge in [0, 0.05) is 5.92 Å². The molecule has 0 aliphatic heterocycles. The summed E-state index contributed by atoms with van der Waals surface area (Å²) in [4.78, 5) is 0. The molecule has 118 valence electrons. The summed E-state index contributed by atoms with van der Waals surface area (Å²) in [6.07, 6.45) is 0. The van der Waals surface area contributed by atoms with Crippen LogP contribution in [-0.2, 0) is 0 Å². The standard InChI is InChI=1S/C19H16.C4H4S/c1-4-10-16(11-5-1)19(17-12-6-2-7-13-17)18-14-8-3-9-15-18;1-2-4-5-3-1/h1-15,19H;1-4H. The van der Waals surface area contributed by atoms with Crippen LogP contribution in [0.3, 0.4) is 0 Å². The molecule has 1 aromatic heterocycles. The van der Waals surface area contributed by atoms with Gasteiger partial charge < -0.3 is 0 Å². The van der Waals surface area contributed by atoms with E-state index in [9.17, 15) is 0 Å². The van der Waals surface area contributed by atoms with Crippen molar-refractivity contribution in [3.05, 3.63) is 131 Å². The van der Waals surface area contributed by atoms with Gasteiger partial charge in [-0.25, -0.2) is 0 Å². The summed E-state index contributed by atoms with van der Waals surface area (Å²) in [6, 6.07) is 36.1. The average Bonchev–Trinajstić information content (AvgIpc) is 3.25. The van der Waals surface area contributed by atoms with Gasteiger partial charge in [0.15, 0.2) is 0 Å². The largest absolute Gasteiger partial charge is 0.152 e. The molecule has 4 rings (SSSR count). The highest BCUT2D eigenvalue weighted by Crippen LogP contribution is 2.31. The zero-order valence-corrected chi connectivity index (χ0v) is 14.3. The Morgan fingerprint density at radius 1 is 0.417 bits per heavy atom. The van der Waals surface area contributed by atoms with Gasteiger partial charge in [-0.1, -0.05) is 103 Å². The van der Waals surface area contributed by atoms with Crippen molar-refractivity contribution in [2.75, 3.05) is 0 Å². The molecule has 0 nitrogen and oxygen atoms in total. The summed E-state index contributed by atoms with van der Waals surface area (Å²) in [5.74, 6) is 0.309. The highest BCUT2D eigenvalue weighted by molar-refractivity contribution is 7.07. The lowest BCUT2D eigenvalue weighted by molar-refractivity contribution is 0.977. The molecule has 0 N–H and O–H groups in total. The predicted molar refractivity (Wildman–Crippen MR) is 105 cm³/mol. The smallest absolute Gasteiger partial charge is 0.0339 e. The molecule has 0 unspecified atom stereocenters. The number of hydrogen-bond acceptors (Lipinski definition) is 1. The molecule has 0 atom stereocenters. The van der Waals surface area contributed by atoms with Crippen molar-refractivity contribution in [2.45, 2.75) is 5.92 Å². The molecule has 0 saturated carbocycles. The van der Waals surface area contributed by atoms with Gasteiger partial charge in [-0.3, -0.25) is 0 Å². The van der Waals surface area contributed by atoms with Crippen molar-refractivity contribution in [1.82, 2.24) is 0 Å². The summed E-state index contributed by atoms with van der Waals surface area (Å²) < 4.78 is 0. The maximum Gasteiger partial charge on any atom is 0.0339 e. The van der Waals surface area contributed by atoms with Crippen molar-refractivity contribution in [1.29, 1.82) is 0 Å². The van der Waals surface area contributed by atoms with Gasteiger partial charge in [-0.05, 0) is 27.5 Å². The summed E-state index contributed by atoms with van der Waals surface area (Å²) in [6.45, 7) is 0. The normalized spacial score (nSPS) is 10.0. The van der Waals surface area contributed by atoms with E-state index in [4.69, 9.17) is 0 Å². The Balaban J connectivity index is 0.000000290. The lowest BCUT2D eigenvalue weighted by Crippen LogP contribution is -2.02. The molecule has 3 aromatic carbocycles. The molecule has 0 bridgehead atoms. The van der Waals surface area contributed by atoms with Gasteiger partial charge >= 0.3 is 0 Å². The highest BCUT2D eigenvalue weighted by atomic mass is 32.1. The van der Waals surface area contributed by atoms with Crippen LogP contribution in [-0.4, -0.2) is 0 Å². The third kappa shape index (κ3) is 4.43. The van der Waals surface area contributed by atoms with Crippen LogP contribution in [0.25, 0.3) is 0 Å². The Morgan fingerprint density at radius 2 is 0.750 bits per heavy atom. The summed E-state index contributed by atoms with van der Waals surface area (Å²) in [5.41, 5.74) is 4.00. The molecule has 0 spiro atoms. The Hall–Kier alpha value is -2.64. The van der Waals surface area contributed by atoms with Gasteiger partial charge in [0.25, 0.3) is 0 Å². The predicted octanol–water partition coefficient (Wildman–Crippen LogP) is 6.61. The number of rotatable bonds is 3. The van der Waals surface area contributed by atoms with Crippen molar-refractivity contribution in [2.24, 2.45) is 0 Å². The van der Waals surface area contributed by atoms with Gasteiger partial charge in [0.2, 0.25) is 0 Å². The van der Waals surface area contributed by atoms with E-state index in [-0.39, 0.29) is 0 Å². The minimum atomic E-state index is 0.309. The number of thiophene rings is 1. The van der Waals surface area contributed by atoms with Crippen molar-refractivity contribution >= 4 is 11.3 Å². The lowest BCUT2D eigenvalue weighted by Gasteiger charge is -2.18. The molecule has 4 aromatic rings. The monoisotopic (exact) mass is 328 g/mol. The Kier molecular flexibility index (Phi) is 5.99. The first kappa shape index (κ1) is 16.2. The van der Waals surface area contributed by atoms with Crippen LogP contribution in [0.15, 0.2) is 114 Å². The third-order valence-electron chi connectivity index (χ3n) is 3.82. The Labute approximate surface area is 148 Å². The van der Waals surface area contributed by atoms with Gasteiger partial charge in [0.05, 0.1) is 0 Å². The van der Waals surface area contributed by atoms with Crippen molar-refractivity contribution < 1.29 is 0 Å². The van der Waals surface area contributed by atoms with E-state index in [1.54, 1.807) is 11.3 Å². The molecule has 0 radical (unpaired) electrons. The maximum absolute atomic E-state index is 2.20. The van der Waals surface area contributed by atoms with E-state index in [1.165, 1.54) is 16.7 Å². The first-order valence-electron chi connectivity index (χ1n) is 8.07. The molecule has 0 saturated heterocycles. The van der Waals surface area contributed by atoms with E-state index in [0.29, 0.717) is 5.92 Å². The van der Waals surface area contributed by atoms with E-state index in [2.05, 4.69) is 91.0 Å². The second-order valence-corrected chi connectivity index (χ2v) is 6.27. The van der Waals surface area contributed by atoms with Crippen LogP contribution in [0.4, 0.5) is 0 Å². The van der Waals surface area contributed by atoms with Crippen LogP contribution >= 0.6 is 11.3 Å². The second kappa shape index (κ2) is 8.85. The van der Waals surface area contributed by atoms with Crippen molar-refractivity contribution in [3.8, 4) is 0 Å². The SMILES string of the molecule is c1ccc(C(c2ccccc2)c2ccccc2)cc1.c1ccsc1. The average molecular weight is 328 g/mol. The van der Waals surface area contributed by atoms with E-state index >= 15 is 0 Å². The van der Waals surface area contributed by atoms with Crippen LogP contribution in [0.5, 0.6) is 0 Å². The quantitative estimate of drug-likeness (QED) is 0.371. The zero-order chi connectivity index (χ0) is 16.5. The highest BCUT2D eigenvalue weighted by Gasteiger charge is 2.15. The minimum Gasteiger partial charge on any atom is -0.152 e. The van der Waals surface area contributed by atoms with E-state index in [0.717, 1.165) is 0 Å². The maximum atomic E-state index is 2.20. The zero-order valence-electron chi connectivity index (χ0n) is 13.5. The molecular weight excluding hydrogens is 308 g/mol. The van der Waals surface area contributed by atoms with Crippen LogP contribution in [0.1, 0.15) is 22.6 Å². The molecule has 1 heterocycles. The van der Waals surface area contributed by atoms with Crippen LogP contribution in [0, 0.1) is 0 Å². The van der Waals surface area contributed by atoms with Gasteiger partial charge in [0.1, 0.15) is 0 Å². The first-order valence-corrected chi connectivity index (χ1v) is 9.01. The number of hydrogen-bond donors (Lipinski definition) is 0. The topological polar surface area (TPSA) is 0 Å². The van der Waals surface area contributed by atoms with E-state index in [1.807, 2.05) is 22.9 Å². The van der Waals surface area contributed by atoms with Crippen LogP contribution in [0.2, 0.25) is 0 Å². The van der Waals surface area contributed by atoms with Gasteiger partial charge in [-0.2, -0.15) is 11.3 Å². The fourth-order valence-corrected chi connectivity index (χ4v) is 3.19. The molecular formula is C23H20S. The Bertz CT molecular complexity index is 679. The van der Waals surface area contributed by atoms with E-state index < -0.39 is 0 Å². The summed E-state index contributed by atoms with van der Waals surface area (Å²) >= 11 is 1.71. The fraction of sp³-hybridized carbons (Fsp3) is 0.0435. The Morgan fingerprint density at radius 3 is 1.00 bits per heavy atom. The minimum absolute atomic E-state index is 0.309. The summed E-state index contributed by atoms with van der Waals surface area (Å²) in [7, 11) is 0. The van der Waals surface area contributed by atoms with Crippen molar-refractivity contribution in [3.63, 3.8) is 0 Å². The number of benzene rings is 3. The molecule has 0 aliphatic rings. The first-order chi connectivity index (χ1) is 11.9. The molecule has 24 heavy (non-hydrogen) atoms. The molecule has 0 fully saturated rings. The van der Waals surface area contributed by atoms with Gasteiger partial charge in [-0.15, -0.1) is 0 Å². The summed E-state index contributed by atoms with van der Waals surface area (Å²) in [5, 5.41) is 4.08.